The van der Waals surface area contributed by atoms with Crippen molar-refractivity contribution in [2.75, 3.05) is 0 Å². The molecular formula is C14H10F2O2. The highest BCUT2D eigenvalue weighted by atomic mass is 19.2. The molecule has 0 aliphatic rings. The molecule has 0 bridgehead atoms. The zero-order chi connectivity index (χ0) is 13.1. The Kier molecular flexibility index (Phi) is 3.37. The van der Waals surface area contributed by atoms with E-state index in [2.05, 4.69) is 0 Å². The lowest BCUT2D eigenvalue weighted by molar-refractivity contribution is 0.0734. The molecule has 0 spiro atoms. The molecular weight excluding hydrogens is 238 g/mol. The summed E-state index contributed by atoms with van der Waals surface area (Å²) in [4.78, 5) is 11.7. The van der Waals surface area contributed by atoms with E-state index in [0.29, 0.717) is 5.56 Å². The number of carbonyl (C=O) groups is 1. The quantitative estimate of drug-likeness (QED) is 0.600. The molecule has 0 radical (unpaired) electrons. The summed E-state index contributed by atoms with van der Waals surface area (Å²) < 4.78 is 30.6. The van der Waals surface area contributed by atoms with Crippen LogP contribution in [0.25, 0.3) is 0 Å². The fourth-order valence-corrected chi connectivity index (χ4v) is 1.48. The van der Waals surface area contributed by atoms with Gasteiger partial charge in [-0.15, -0.1) is 0 Å². The standard InChI is InChI=1S/C14H10F2O2/c1-9-3-2-4-10(7-9)14(17)18-11-5-6-12(15)13(16)8-11/h2-8H,1H3. The number of aryl methyl sites for hydroxylation is 1. The van der Waals surface area contributed by atoms with E-state index < -0.39 is 17.6 Å². The van der Waals surface area contributed by atoms with E-state index >= 15 is 0 Å². The number of hydrogen-bond donors (Lipinski definition) is 0. The van der Waals surface area contributed by atoms with Crippen LogP contribution in [0.5, 0.6) is 5.75 Å². The molecule has 0 saturated heterocycles. The zero-order valence-corrected chi connectivity index (χ0v) is 9.61. The molecule has 0 atom stereocenters. The summed E-state index contributed by atoms with van der Waals surface area (Å²) in [6.07, 6.45) is 0. The summed E-state index contributed by atoms with van der Waals surface area (Å²) in [5.74, 6) is -2.67. The number of halogens is 2. The molecule has 0 unspecified atom stereocenters. The molecule has 0 saturated carbocycles. The molecule has 4 heteroatoms. The van der Waals surface area contributed by atoms with Crippen LogP contribution in [-0.4, -0.2) is 5.97 Å². The van der Waals surface area contributed by atoms with Crippen molar-refractivity contribution >= 4 is 5.97 Å². The molecule has 2 rings (SSSR count). The van der Waals surface area contributed by atoms with Gasteiger partial charge in [-0.2, -0.15) is 0 Å². The fourth-order valence-electron chi connectivity index (χ4n) is 1.48. The predicted octanol–water partition coefficient (Wildman–Crippen LogP) is 3.49. The Morgan fingerprint density at radius 1 is 1.06 bits per heavy atom. The van der Waals surface area contributed by atoms with Gasteiger partial charge in [-0.1, -0.05) is 17.7 Å². The van der Waals surface area contributed by atoms with Gasteiger partial charge < -0.3 is 4.74 Å². The first kappa shape index (κ1) is 12.2. The minimum absolute atomic E-state index is 0.0274. The summed E-state index contributed by atoms with van der Waals surface area (Å²) in [5.41, 5.74) is 1.27. The van der Waals surface area contributed by atoms with E-state index in [0.717, 1.165) is 17.7 Å². The lowest BCUT2D eigenvalue weighted by atomic mass is 10.1. The van der Waals surface area contributed by atoms with Gasteiger partial charge in [0.05, 0.1) is 5.56 Å². The molecule has 0 fully saturated rings. The number of esters is 1. The maximum Gasteiger partial charge on any atom is 0.343 e. The summed E-state index contributed by atoms with van der Waals surface area (Å²) in [6.45, 7) is 1.84. The fraction of sp³-hybridized carbons (Fsp3) is 0.0714. The highest BCUT2D eigenvalue weighted by molar-refractivity contribution is 5.91. The van der Waals surface area contributed by atoms with Crippen molar-refractivity contribution in [2.45, 2.75) is 6.92 Å². The Morgan fingerprint density at radius 2 is 1.83 bits per heavy atom. The second-order valence-corrected chi connectivity index (χ2v) is 3.83. The van der Waals surface area contributed by atoms with E-state index in [-0.39, 0.29) is 5.75 Å². The SMILES string of the molecule is Cc1cccc(C(=O)Oc2ccc(F)c(F)c2)c1. The number of carbonyl (C=O) groups excluding carboxylic acids is 1. The van der Waals surface area contributed by atoms with Crippen LogP contribution < -0.4 is 4.74 Å². The average Bonchev–Trinajstić information content (AvgIpc) is 2.34. The number of benzene rings is 2. The van der Waals surface area contributed by atoms with Crippen LogP contribution in [0, 0.1) is 18.6 Å². The third kappa shape index (κ3) is 2.71. The van der Waals surface area contributed by atoms with Crippen molar-refractivity contribution in [1.82, 2.24) is 0 Å². The van der Waals surface area contributed by atoms with Crippen LogP contribution in [-0.2, 0) is 0 Å². The first-order chi connectivity index (χ1) is 8.56. The van der Waals surface area contributed by atoms with Crippen LogP contribution in [0.1, 0.15) is 15.9 Å². The second kappa shape index (κ2) is 4.96. The maximum atomic E-state index is 12.9. The summed E-state index contributed by atoms with van der Waals surface area (Å²) in [5, 5.41) is 0. The monoisotopic (exact) mass is 248 g/mol. The van der Waals surface area contributed by atoms with E-state index in [4.69, 9.17) is 4.74 Å². The lowest BCUT2D eigenvalue weighted by Crippen LogP contribution is -2.08. The van der Waals surface area contributed by atoms with Crippen LogP contribution in [0.15, 0.2) is 42.5 Å². The van der Waals surface area contributed by atoms with Crippen molar-refractivity contribution in [2.24, 2.45) is 0 Å². The van der Waals surface area contributed by atoms with E-state index in [1.165, 1.54) is 6.07 Å². The molecule has 0 aliphatic carbocycles. The van der Waals surface area contributed by atoms with Gasteiger partial charge in [0.25, 0.3) is 0 Å². The molecule has 0 N–H and O–H groups in total. The smallest absolute Gasteiger partial charge is 0.343 e. The molecule has 0 amide bonds. The maximum absolute atomic E-state index is 12.9. The topological polar surface area (TPSA) is 26.3 Å². The molecule has 2 aromatic rings. The molecule has 18 heavy (non-hydrogen) atoms. The normalized spacial score (nSPS) is 10.2. The third-order valence-corrected chi connectivity index (χ3v) is 2.36. The van der Waals surface area contributed by atoms with E-state index in [9.17, 15) is 13.6 Å². The highest BCUT2D eigenvalue weighted by Crippen LogP contribution is 2.17. The molecule has 0 aromatic heterocycles. The highest BCUT2D eigenvalue weighted by Gasteiger charge is 2.10. The van der Waals surface area contributed by atoms with E-state index in [1.54, 1.807) is 18.2 Å². The molecule has 2 nitrogen and oxygen atoms in total. The first-order valence-electron chi connectivity index (χ1n) is 5.30. The van der Waals surface area contributed by atoms with Crippen LogP contribution >= 0.6 is 0 Å². The van der Waals surface area contributed by atoms with Crippen molar-refractivity contribution in [3.8, 4) is 5.75 Å². The van der Waals surface area contributed by atoms with Crippen molar-refractivity contribution < 1.29 is 18.3 Å². The molecule has 0 aliphatic heterocycles. The number of rotatable bonds is 2. The number of ether oxygens (including phenoxy) is 1. The average molecular weight is 248 g/mol. The lowest BCUT2D eigenvalue weighted by Gasteiger charge is -2.05. The largest absolute Gasteiger partial charge is 0.423 e. The van der Waals surface area contributed by atoms with Crippen LogP contribution in [0.2, 0.25) is 0 Å². The Bertz CT molecular complexity index is 594. The molecule has 92 valence electrons. The minimum atomic E-state index is -1.05. The number of hydrogen-bond acceptors (Lipinski definition) is 2. The summed E-state index contributed by atoms with van der Waals surface area (Å²) in [6, 6.07) is 9.76. The van der Waals surface area contributed by atoms with Crippen molar-refractivity contribution in [3.63, 3.8) is 0 Å². The predicted molar refractivity (Wildman–Crippen MR) is 62.5 cm³/mol. The Hall–Kier alpha value is -2.23. The molecule has 2 aromatic carbocycles. The minimum Gasteiger partial charge on any atom is -0.423 e. The summed E-state index contributed by atoms with van der Waals surface area (Å²) >= 11 is 0. The third-order valence-electron chi connectivity index (χ3n) is 2.36. The van der Waals surface area contributed by atoms with Gasteiger partial charge in [-0.3, -0.25) is 0 Å². The summed E-state index contributed by atoms with van der Waals surface area (Å²) in [7, 11) is 0. The Morgan fingerprint density at radius 3 is 2.50 bits per heavy atom. The van der Waals surface area contributed by atoms with Gasteiger partial charge in [-0.05, 0) is 31.2 Å². The first-order valence-corrected chi connectivity index (χ1v) is 5.30. The Labute approximate surface area is 103 Å². The van der Waals surface area contributed by atoms with Gasteiger partial charge >= 0.3 is 5.97 Å². The van der Waals surface area contributed by atoms with Gasteiger partial charge in [-0.25, -0.2) is 13.6 Å². The van der Waals surface area contributed by atoms with Gasteiger partial charge in [0.1, 0.15) is 5.75 Å². The zero-order valence-electron chi connectivity index (χ0n) is 9.61. The second-order valence-electron chi connectivity index (χ2n) is 3.83. The van der Waals surface area contributed by atoms with Crippen molar-refractivity contribution in [1.29, 1.82) is 0 Å². The van der Waals surface area contributed by atoms with Gasteiger partial charge in [0, 0.05) is 6.07 Å². The molecule has 0 heterocycles. The van der Waals surface area contributed by atoms with Crippen LogP contribution in [0.3, 0.4) is 0 Å². The van der Waals surface area contributed by atoms with Crippen LogP contribution in [0.4, 0.5) is 8.78 Å². The van der Waals surface area contributed by atoms with Crippen molar-refractivity contribution in [3.05, 3.63) is 65.2 Å². The van der Waals surface area contributed by atoms with E-state index in [1.807, 2.05) is 13.0 Å². The Balaban J connectivity index is 2.18. The van der Waals surface area contributed by atoms with Gasteiger partial charge in [0.2, 0.25) is 0 Å². The van der Waals surface area contributed by atoms with Gasteiger partial charge in [0.15, 0.2) is 11.6 Å².